The van der Waals surface area contributed by atoms with E-state index in [0.29, 0.717) is 19.4 Å². The van der Waals surface area contributed by atoms with E-state index >= 15 is 0 Å². The molecule has 2 N–H and O–H groups in total. The summed E-state index contributed by atoms with van der Waals surface area (Å²) in [4.78, 5) is 11.2. The number of aliphatic hydroxyl groups excluding tert-OH is 1. The van der Waals surface area contributed by atoms with Crippen molar-refractivity contribution in [2.24, 2.45) is 0 Å². The standard InChI is InChI=1S/C12H20O4/c1-2-3-4-9-16-12(11(14)15)7-5-10(13)6-8-12/h5,7,10,13H,2-4,6,8-9H2,1H3,(H,14,15). The van der Waals surface area contributed by atoms with E-state index in [1.165, 1.54) is 12.2 Å². The number of hydrogen-bond acceptors (Lipinski definition) is 3. The third-order valence-corrected chi connectivity index (χ3v) is 2.87. The molecule has 0 amide bonds. The Hall–Kier alpha value is -0.870. The van der Waals surface area contributed by atoms with Gasteiger partial charge < -0.3 is 14.9 Å². The fourth-order valence-corrected chi connectivity index (χ4v) is 1.77. The number of carboxylic acid groups (broad SMARTS) is 1. The van der Waals surface area contributed by atoms with Crippen molar-refractivity contribution in [1.29, 1.82) is 0 Å². The summed E-state index contributed by atoms with van der Waals surface area (Å²) in [5.74, 6) is -0.966. The molecule has 0 fully saturated rings. The Morgan fingerprint density at radius 1 is 1.56 bits per heavy atom. The van der Waals surface area contributed by atoms with E-state index in [-0.39, 0.29) is 0 Å². The van der Waals surface area contributed by atoms with Crippen LogP contribution in [-0.4, -0.2) is 34.5 Å². The molecule has 0 spiro atoms. The smallest absolute Gasteiger partial charge is 0.340 e. The summed E-state index contributed by atoms with van der Waals surface area (Å²) in [6.45, 7) is 2.55. The maximum atomic E-state index is 11.2. The molecule has 0 aromatic carbocycles. The summed E-state index contributed by atoms with van der Waals surface area (Å²) in [5.41, 5.74) is -1.22. The molecule has 1 rings (SSSR count). The van der Waals surface area contributed by atoms with Crippen molar-refractivity contribution in [3.63, 3.8) is 0 Å². The van der Waals surface area contributed by atoms with Gasteiger partial charge in [-0.25, -0.2) is 4.79 Å². The lowest BCUT2D eigenvalue weighted by Crippen LogP contribution is -2.42. The lowest BCUT2D eigenvalue weighted by molar-refractivity contribution is -0.161. The maximum absolute atomic E-state index is 11.2. The Labute approximate surface area is 95.9 Å². The molecule has 0 aliphatic heterocycles. The molecule has 1 aliphatic rings. The van der Waals surface area contributed by atoms with E-state index < -0.39 is 17.7 Å². The summed E-state index contributed by atoms with van der Waals surface area (Å²) in [6, 6.07) is 0. The van der Waals surface area contributed by atoms with Gasteiger partial charge in [-0.15, -0.1) is 0 Å². The van der Waals surface area contributed by atoms with Crippen molar-refractivity contribution in [3.05, 3.63) is 12.2 Å². The number of carbonyl (C=O) groups is 1. The van der Waals surface area contributed by atoms with Crippen molar-refractivity contribution < 1.29 is 19.7 Å². The molecular formula is C12H20O4. The van der Waals surface area contributed by atoms with E-state index in [1.54, 1.807) is 0 Å². The monoisotopic (exact) mass is 228 g/mol. The SMILES string of the molecule is CCCCCOC1(C(=O)O)C=CC(O)CC1. The third kappa shape index (κ3) is 3.32. The average molecular weight is 228 g/mol. The van der Waals surface area contributed by atoms with Crippen LogP contribution in [0.15, 0.2) is 12.2 Å². The molecule has 0 aromatic rings. The molecule has 0 aromatic heterocycles. The summed E-state index contributed by atoms with van der Waals surface area (Å²) >= 11 is 0. The van der Waals surface area contributed by atoms with Gasteiger partial charge in [-0.1, -0.05) is 25.8 Å². The normalized spacial score (nSPS) is 29.2. The fourth-order valence-electron chi connectivity index (χ4n) is 1.77. The number of aliphatic hydroxyl groups is 1. The second-order valence-electron chi connectivity index (χ2n) is 4.22. The van der Waals surface area contributed by atoms with Gasteiger partial charge in [-0.2, -0.15) is 0 Å². The Bertz CT molecular complexity index is 262. The van der Waals surface area contributed by atoms with Gasteiger partial charge in [0, 0.05) is 6.61 Å². The van der Waals surface area contributed by atoms with Gasteiger partial charge in [0.2, 0.25) is 0 Å². The van der Waals surface area contributed by atoms with E-state index in [1.807, 2.05) is 0 Å². The molecule has 0 radical (unpaired) electrons. The Morgan fingerprint density at radius 3 is 2.81 bits per heavy atom. The van der Waals surface area contributed by atoms with E-state index in [0.717, 1.165) is 19.3 Å². The molecule has 2 atom stereocenters. The van der Waals surface area contributed by atoms with Crippen LogP contribution in [0.1, 0.15) is 39.0 Å². The molecule has 0 heterocycles. The van der Waals surface area contributed by atoms with Crippen molar-refractivity contribution in [1.82, 2.24) is 0 Å². The summed E-state index contributed by atoms with van der Waals surface area (Å²) in [6.07, 6.45) is 6.24. The molecule has 0 bridgehead atoms. The number of ether oxygens (including phenoxy) is 1. The fraction of sp³-hybridized carbons (Fsp3) is 0.750. The lowest BCUT2D eigenvalue weighted by Gasteiger charge is -2.30. The zero-order chi connectivity index (χ0) is 12.0. The van der Waals surface area contributed by atoms with E-state index in [9.17, 15) is 15.0 Å². The van der Waals surface area contributed by atoms with Crippen molar-refractivity contribution in [2.75, 3.05) is 6.61 Å². The Balaban J connectivity index is 2.53. The molecular weight excluding hydrogens is 208 g/mol. The van der Waals surface area contributed by atoms with Gasteiger partial charge in [-0.3, -0.25) is 0 Å². The molecule has 0 saturated heterocycles. The van der Waals surface area contributed by atoms with Crippen LogP contribution in [-0.2, 0) is 9.53 Å². The first kappa shape index (κ1) is 13.2. The minimum Gasteiger partial charge on any atom is -0.479 e. The van der Waals surface area contributed by atoms with Crippen LogP contribution in [0, 0.1) is 0 Å². The van der Waals surface area contributed by atoms with Gasteiger partial charge in [0.05, 0.1) is 6.10 Å². The van der Waals surface area contributed by atoms with Crippen LogP contribution in [0.2, 0.25) is 0 Å². The number of carboxylic acids is 1. The molecule has 92 valence electrons. The number of unbranched alkanes of at least 4 members (excludes halogenated alkanes) is 2. The summed E-state index contributed by atoms with van der Waals surface area (Å²) < 4.78 is 5.48. The Morgan fingerprint density at radius 2 is 2.31 bits per heavy atom. The van der Waals surface area contributed by atoms with Crippen LogP contribution < -0.4 is 0 Å². The predicted molar refractivity (Wildman–Crippen MR) is 60.2 cm³/mol. The first-order valence-corrected chi connectivity index (χ1v) is 5.85. The van der Waals surface area contributed by atoms with Crippen molar-refractivity contribution in [3.8, 4) is 0 Å². The van der Waals surface area contributed by atoms with Crippen LogP contribution in [0.5, 0.6) is 0 Å². The Kier molecular flexibility index (Phi) is 4.96. The largest absolute Gasteiger partial charge is 0.479 e. The molecule has 16 heavy (non-hydrogen) atoms. The molecule has 4 nitrogen and oxygen atoms in total. The number of aliphatic carboxylic acids is 1. The van der Waals surface area contributed by atoms with E-state index in [2.05, 4.69) is 6.92 Å². The first-order chi connectivity index (χ1) is 7.60. The molecule has 1 aliphatic carbocycles. The minimum absolute atomic E-state index is 0.339. The maximum Gasteiger partial charge on any atom is 0.340 e. The highest BCUT2D eigenvalue weighted by Crippen LogP contribution is 2.27. The van der Waals surface area contributed by atoms with Gasteiger partial charge in [0.1, 0.15) is 0 Å². The third-order valence-electron chi connectivity index (χ3n) is 2.87. The van der Waals surface area contributed by atoms with Gasteiger partial charge in [0.25, 0.3) is 0 Å². The highest BCUT2D eigenvalue weighted by molar-refractivity contribution is 5.80. The van der Waals surface area contributed by atoms with Gasteiger partial charge >= 0.3 is 5.97 Å². The topological polar surface area (TPSA) is 66.8 Å². The van der Waals surface area contributed by atoms with Crippen LogP contribution >= 0.6 is 0 Å². The van der Waals surface area contributed by atoms with Gasteiger partial charge in [0.15, 0.2) is 5.60 Å². The zero-order valence-electron chi connectivity index (χ0n) is 9.69. The van der Waals surface area contributed by atoms with Crippen LogP contribution in [0.25, 0.3) is 0 Å². The highest BCUT2D eigenvalue weighted by atomic mass is 16.5. The first-order valence-electron chi connectivity index (χ1n) is 5.85. The molecule has 4 heteroatoms. The van der Waals surface area contributed by atoms with Gasteiger partial charge in [-0.05, 0) is 25.3 Å². The number of hydrogen-bond donors (Lipinski definition) is 2. The zero-order valence-corrected chi connectivity index (χ0v) is 9.69. The number of rotatable bonds is 6. The van der Waals surface area contributed by atoms with Crippen molar-refractivity contribution in [2.45, 2.75) is 50.7 Å². The predicted octanol–water partition coefficient (Wildman–Crippen LogP) is 1.73. The van der Waals surface area contributed by atoms with E-state index in [4.69, 9.17) is 4.74 Å². The summed E-state index contributed by atoms with van der Waals surface area (Å²) in [5, 5.41) is 18.5. The summed E-state index contributed by atoms with van der Waals surface area (Å²) in [7, 11) is 0. The van der Waals surface area contributed by atoms with Crippen LogP contribution in [0.4, 0.5) is 0 Å². The minimum atomic E-state index is -1.22. The molecule has 0 saturated carbocycles. The quantitative estimate of drug-likeness (QED) is 0.536. The lowest BCUT2D eigenvalue weighted by atomic mass is 9.89. The highest BCUT2D eigenvalue weighted by Gasteiger charge is 2.39. The van der Waals surface area contributed by atoms with Crippen molar-refractivity contribution >= 4 is 5.97 Å². The second-order valence-corrected chi connectivity index (χ2v) is 4.22. The second kappa shape index (κ2) is 6.01. The molecule has 2 unspecified atom stereocenters. The van der Waals surface area contributed by atoms with Crippen LogP contribution in [0.3, 0.4) is 0 Å². The average Bonchev–Trinajstić information content (AvgIpc) is 2.27.